The van der Waals surface area contributed by atoms with Crippen molar-refractivity contribution in [1.29, 1.82) is 0 Å². The summed E-state index contributed by atoms with van der Waals surface area (Å²) in [6, 6.07) is 4.18. The van der Waals surface area contributed by atoms with Gasteiger partial charge in [0.15, 0.2) is 6.61 Å². The van der Waals surface area contributed by atoms with Crippen LogP contribution in [0.5, 0.6) is 5.75 Å². The van der Waals surface area contributed by atoms with Crippen molar-refractivity contribution < 1.29 is 32.6 Å². The minimum absolute atomic E-state index is 0.0781. The Hall–Kier alpha value is -2.25. The highest BCUT2D eigenvalue weighted by Crippen LogP contribution is 2.30. The van der Waals surface area contributed by atoms with Gasteiger partial charge in [-0.1, -0.05) is 0 Å². The zero-order chi connectivity index (χ0) is 18.4. The van der Waals surface area contributed by atoms with E-state index in [1.165, 1.54) is 12.1 Å². The second-order valence-electron chi connectivity index (χ2n) is 6.09. The van der Waals surface area contributed by atoms with Crippen molar-refractivity contribution in [3.8, 4) is 5.75 Å². The first kappa shape index (κ1) is 19.1. The molecule has 2 rings (SSSR count). The summed E-state index contributed by atoms with van der Waals surface area (Å²) in [5.74, 6) is -0.755. The Bertz CT molecular complexity index is 601. The first-order valence-corrected chi connectivity index (χ1v) is 8.05. The maximum absolute atomic E-state index is 12.5. The monoisotopic (exact) mass is 359 g/mol. The number of nitrogens with zero attached hydrogens (tertiary/aromatic N) is 1. The first-order valence-electron chi connectivity index (χ1n) is 8.05. The number of ether oxygens (including phenoxy) is 1. The summed E-state index contributed by atoms with van der Waals surface area (Å²) in [7, 11) is 0. The van der Waals surface area contributed by atoms with Crippen molar-refractivity contribution in [3.05, 3.63) is 29.8 Å². The Morgan fingerprint density at radius 2 is 1.92 bits per heavy atom. The molecule has 138 valence electrons. The Labute approximate surface area is 143 Å². The lowest BCUT2D eigenvalue weighted by Gasteiger charge is -2.32. The van der Waals surface area contributed by atoms with Crippen LogP contribution in [-0.4, -0.2) is 41.6 Å². The first-order chi connectivity index (χ1) is 11.8. The molecule has 0 unspecified atom stereocenters. The Morgan fingerprint density at radius 1 is 1.24 bits per heavy atom. The van der Waals surface area contributed by atoms with Crippen LogP contribution >= 0.6 is 0 Å². The molecule has 1 aromatic rings. The van der Waals surface area contributed by atoms with Crippen molar-refractivity contribution >= 4 is 11.9 Å². The highest BCUT2D eigenvalue weighted by molar-refractivity contribution is 5.77. The number of amides is 1. The lowest BCUT2D eigenvalue weighted by molar-refractivity contribution is -0.138. The van der Waals surface area contributed by atoms with Crippen LogP contribution in [-0.2, 0) is 15.8 Å². The molecule has 0 aliphatic carbocycles. The molecular formula is C17H20F3NO4. The molecule has 0 saturated carbocycles. The molecule has 25 heavy (non-hydrogen) atoms. The topological polar surface area (TPSA) is 66.8 Å². The molecule has 0 spiro atoms. The number of halogens is 3. The molecule has 1 aromatic carbocycles. The Balaban J connectivity index is 1.82. The molecular weight excluding hydrogens is 339 g/mol. The summed E-state index contributed by atoms with van der Waals surface area (Å²) in [4.78, 5) is 24.4. The van der Waals surface area contributed by atoms with E-state index in [1.807, 2.05) is 0 Å². The van der Waals surface area contributed by atoms with Gasteiger partial charge in [-0.25, -0.2) is 0 Å². The normalized spacial score (nSPS) is 18.0. The van der Waals surface area contributed by atoms with Gasteiger partial charge < -0.3 is 14.7 Å². The Kier molecular flexibility index (Phi) is 6.27. The molecule has 1 atom stereocenters. The fourth-order valence-corrected chi connectivity index (χ4v) is 2.83. The van der Waals surface area contributed by atoms with Crippen LogP contribution in [0.15, 0.2) is 24.3 Å². The maximum Gasteiger partial charge on any atom is 0.416 e. The molecule has 1 aliphatic rings. The van der Waals surface area contributed by atoms with Gasteiger partial charge in [0.1, 0.15) is 5.75 Å². The quantitative estimate of drug-likeness (QED) is 0.847. The molecule has 5 nitrogen and oxygen atoms in total. The number of aliphatic carboxylic acids is 1. The fourth-order valence-electron chi connectivity index (χ4n) is 2.83. The van der Waals surface area contributed by atoms with Crippen LogP contribution in [0.2, 0.25) is 0 Å². The van der Waals surface area contributed by atoms with Gasteiger partial charge in [-0.3, -0.25) is 9.59 Å². The third-order valence-electron chi connectivity index (χ3n) is 4.18. The number of likely N-dealkylation sites (tertiary alicyclic amines) is 1. The van der Waals surface area contributed by atoms with Crippen molar-refractivity contribution in [2.75, 3.05) is 19.7 Å². The van der Waals surface area contributed by atoms with E-state index >= 15 is 0 Å². The fraction of sp³-hybridized carbons (Fsp3) is 0.529. The van der Waals surface area contributed by atoms with E-state index in [1.54, 1.807) is 4.90 Å². The van der Waals surface area contributed by atoms with E-state index in [2.05, 4.69) is 0 Å². The van der Waals surface area contributed by atoms with E-state index < -0.39 is 17.7 Å². The van der Waals surface area contributed by atoms with Gasteiger partial charge in [0, 0.05) is 19.5 Å². The van der Waals surface area contributed by atoms with Crippen molar-refractivity contribution in [3.63, 3.8) is 0 Å². The van der Waals surface area contributed by atoms with Gasteiger partial charge in [0.25, 0.3) is 5.91 Å². The SMILES string of the molecule is O=C(O)CC[C@H]1CCCN(C(=O)COc2ccc(C(F)(F)F)cc2)C1. The zero-order valence-electron chi connectivity index (χ0n) is 13.6. The average Bonchev–Trinajstić information content (AvgIpc) is 2.57. The van der Waals surface area contributed by atoms with Gasteiger partial charge in [-0.05, 0) is 49.4 Å². The standard InChI is InChI=1S/C17H20F3NO4/c18-17(19,20)13-4-6-14(7-5-13)25-11-15(22)21-9-1-2-12(10-21)3-8-16(23)24/h4-7,12H,1-3,8-11H2,(H,23,24)/t12-/m1/s1. The molecule has 0 radical (unpaired) electrons. The number of piperidine rings is 1. The number of hydrogen-bond acceptors (Lipinski definition) is 3. The van der Waals surface area contributed by atoms with E-state index in [0.717, 1.165) is 25.0 Å². The molecule has 0 aromatic heterocycles. The molecule has 0 bridgehead atoms. The molecule has 8 heteroatoms. The van der Waals surface area contributed by atoms with Crippen LogP contribution < -0.4 is 4.74 Å². The number of benzene rings is 1. The highest BCUT2D eigenvalue weighted by Gasteiger charge is 2.30. The summed E-state index contributed by atoms with van der Waals surface area (Å²) in [6.07, 6.45) is -2.12. The summed E-state index contributed by atoms with van der Waals surface area (Å²) in [6.45, 7) is 0.818. The van der Waals surface area contributed by atoms with E-state index in [9.17, 15) is 22.8 Å². The largest absolute Gasteiger partial charge is 0.484 e. The number of alkyl halides is 3. The minimum Gasteiger partial charge on any atom is -0.484 e. The number of hydrogen-bond donors (Lipinski definition) is 1. The molecule has 1 aliphatic heterocycles. The van der Waals surface area contributed by atoms with E-state index in [0.29, 0.717) is 19.5 Å². The number of carboxylic acid groups (broad SMARTS) is 1. The van der Waals surface area contributed by atoms with E-state index in [-0.39, 0.29) is 30.6 Å². The van der Waals surface area contributed by atoms with E-state index in [4.69, 9.17) is 9.84 Å². The number of rotatable bonds is 6. The van der Waals surface area contributed by atoms with Crippen molar-refractivity contribution in [2.24, 2.45) is 5.92 Å². The van der Waals surface area contributed by atoms with Gasteiger partial charge in [0.2, 0.25) is 0 Å². The van der Waals surface area contributed by atoms with Crippen LogP contribution in [0.4, 0.5) is 13.2 Å². The Morgan fingerprint density at radius 3 is 2.52 bits per heavy atom. The molecule has 1 amide bonds. The van der Waals surface area contributed by atoms with Gasteiger partial charge >= 0.3 is 12.1 Å². The predicted molar refractivity (Wildman–Crippen MR) is 83.1 cm³/mol. The van der Waals surface area contributed by atoms with Crippen LogP contribution in [0.1, 0.15) is 31.2 Å². The lowest BCUT2D eigenvalue weighted by Crippen LogP contribution is -2.42. The second-order valence-corrected chi connectivity index (χ2v) is 6.09. The minimum atomic E-state index is -4.41. The molecule has 1 saturated heterocycles. The lowest BCUT2D eigenvalue weighted by atomic mass is 9.93. The smallest absolute Gasteiger partial charge is 0.416 e. The van der Waals surface area contributed by atoms with Crippen LogP contribution in [0.3, 0.4) is 0 Å². The second kappa shape index (κ2) is 8.22. The number of carboxylic acids is 1. The summed E-state index contributed by atoms with van der Waals surface area (Å²) >= 11 is 0. The summed E-state index contributed by atoms with van der Waals surface area (Å²) in [5.41, 5.74) is -0.775. The van der Waals surface area contributed by atoms with Crippen molar-refractivity contribution in [2.45, 2.75) is 31.9 Å². The highest BCUT2D eigenvalue weighted by atomic mass is 19.4. The number of carbonyl (C=O) groups excluding carboxylic acids is 1. The molecule has 1 heterocycles. The number of carbonyl (C=O) groups is 2. The third-order valence-corrected chi connectivity index (χ3v) is 4.18. The molecule has 1 N–H and O–H groups in total. The van der Waals surface area contributed by atoms with Crippen LogP contribution in [0.25, 0.3) is 0 Å². The van der Waals surface area contributed by atoms with Gasteiger partial charge in [-0.15, -0.1) is 0 Å². The predicted octanol–water partition coefficient (Wildman–Crippen LogP) is 3.19. The zero-order valence-corrected chi connectivity index (χ0v) is 13.6. The summed E-state index contributed by atoms with van der Waals surface area (Å²) < 4.78 is 42.7. The van der Waals surface area contributed by atoms with Crippen LogP contribution in [0, 0.1) is 5.92 Å². The molecule has 1 fully saturated rings. The van der Waals surface area contributed by atoms with Crippen molar-refractivity contribution in [1.82, 2.24) is 4.90 Å². The summed E-state index contributed by atoms with van der Waals surface area (Å²) in [5, 5.41) is 8.73. The third kappa shape index (κ3) is 5.95. The van der Waals surface area contributed by atoms with Gasteiger partial charge in [-0.2, -0.15) is 13.2 Å². The van der Waals surface area contributed by atoms with Gasteiger partial charge in [0.05, 0.1) is 5.56 Å². The maximum atomic E-state index is 12.5. The average molecular weight is 359 g/mol.